The Balaban J connectivity index is 2.50. The zero-order valence-corrected chi connectivity index (χ0v) is 10.2. The normalized spacial score (nSPS) is 10.6. The molecule has 0 saturated carbocycles. The van der Waals surface area contributed by atoms with E-state index in [0.717, 1.165) is 29.7 Å². The highest BCUT2D eigenvalue weighted by atomic mass is 35.5. The summed E-state index contributed by atoms with van der Waals surface area (Å²) in [4.78, 5) is 4.56. The second kappa shape index (κ2) is 5.22. The SMILES string of the molecule is C#CCn1c(CCCN)nc2cc(Cl)ccc21. The van der Waals surface area contributed by atoms with E-state index in [4.69, 9.17) is 23.8 Å². The fourth-order valence-electron chi connectivity index (χ4n) is 1.87. The first kappa shape index (κ1) is 12.0. The van der Waals surface area contributed by atoms with Gasteiger partial charge in [0.1, 0.15) is 5.82 Å². The summed E-state index contributed by atoms with van der Waals surface area (Å²) in [5, 5.41) is 0.688. The molecule has 3 nitrogen and oxygen atoms in total. The molecular formula is C13H14ClN3. The quantitative estimate of drug-likeness (QED) is 0.842. The van der Waals surface area contributed by atoms with Crippen LogP contribution in [0.1, 0.15) is 12.2 Å². The third kappa shape index (κ3) is 2.44. The Kier molecular flexibility index (Phi) is 3.68. The molecule has 0 aliphatic heterocycles. The van der Waals surface area contributed by atoms with Gasteiger partial charge in [-0.05, 0) is 31.2 Å². The summed E-state index contributed by atoms with van der Waals surface area (Å²) in [5.74, 6) is 3.63. The first-order valence-electron chi connectivity index (χ1n) is 5.54. The zero-order chi connectivity index (χ0) is 12.3. The number of nitrogens with two attached hydrogens (primary N) is 1. The Morgan fingerprint density at radius 1 is 1.47 bits per heavy atom. The fourth-order valence-corrected chi connectivity index (χ4v) is 2.04. The van der Waals surface area contributed by atoms with Gasteiger partial charge in [0.05, 0.1) is 17.6 Å². The summed E-state index contributed by atoms with van der Waals surface area (Å²) >= 11 is 5.95. The third-order valence-corrected chi connectivity index (χ3v) is 2.88. The Morgan fingerprint density at radius 2 is 2.29 bits per heavy atom. The molecule has 0 unspecified atom stereocenters. The largest absolute Gasteiger partial charge is 0.330 e. The predicted octanol–water partition coefficient (Wildman–Crippen LogP) is 2.21. The van der Waals surface area contributed by atoms with E-state index in [1.54, 1.807) is 0 Å². The summed E-state index contributed by atoms with van der Waals surface area (Å²) in [6, 6.07) is 5.66. The van der Waals surface area contributed by atoms with Crippen molar-refractivity contribution in [3.05, 3.63) is 29.0 Å². The molecule has 88 valence electrons. The van der Waals surface area contributed by atoms with Crippen molar-refractivity contribution in [1.82, 2.24) is 9.55 Å². The molecular weight excluding hydrogens is 234 g/mol. The van der Waals surface area contributed by atoms with E-state index in [2.05, 4.69) is 10.9 Å². The number of terminal acetylenes is 1. The minimum atomic E-state index is 0.526. The Bertz CT molecular complexity index is 566. The van der Waals surface area contributed by atoms with Crippen LogP contribution in [0.5, 0.6) is 0 Å². The monoisotopic (exact) mass is 247 g/mol. The van der Waals surface area contributed by atoms with Crippen molar-refractivity contribution in [2.45, 2.75) is 19.4 Å². The molecule has 2 aromatic rings. The van der Waals surface area contributed by atoms with E-state index in [0.29, 0.717) is 18.1 Å². The van der Waals surface area contributed by atoms with Crippen molar-refractivity contribution in [1.29, 1.82) is 0 Å². The fraction of sp³-hybridized carbons (Fsp3) is 0.308. The number of benzene rings is 1. The summed E-state index contributed by atoms with van der Waals surface area (Å²) < 4.78 is 2.04. The van der Waals surface area contributed by atoms with Gasteiger partial charge in [0.15, 0.2) is 0 Å². The maximum atomic E-state index is 5.95. The van der Waals surface area contributed by atoms with E-state index < -0.39 is 0 Å². The van der Waals surface area contributed by atoms with Crippen LogP contribution in [0.4, 0.5) is 0 Å². The average Bonchev–Trinajstić information content (AvgIpc) is 2.64. The van der Waals surface area contributed by atoms with Gasteiger partial charge in [-0.25, -0.2) is 4.98 Å². The van der Waals surface area contributed by atoms with Crippen LogP contribution < -0.4 is 5.73 Å². The lowest BCUT2D eigenvalue weighted by Gasteiger charge is -2.04. The Hall–Kier alpha value is -1.50. The van der Waals surface area contributed by atoms with Gasteiger partial charge < -0.3 is 10.3 Å². The minimum absolute atomic E-state index is 0.526. The van der Waals surface area contributed by atoms with Crippen molar-refractivity contribution in [2.75, 3.05) is 6.54 Å². The number of aromatic nitrogens is 2. The van der Waals surface area contributed by atoms with Crippen LogP contribution in [-0.4, -0.2) is 16.1 Å². The van der Waals surface area contributed by atoms with Crippen molar-refractivity contribution < 1.29 is 0 Å². The second-order valence-corrected chi connectivity index (χ2v) is 4.28. The predicted molar refractivity (Wildman–Crippen MR) is 71.0 cm³/mol. The van der Waals surface area contributed by atoms with Crippen molar-refractivity contribution in [3.63, 3.8) is 0 Å². The lowest BCUT2D eigenvalue weighted by molar-refractivity contribution is 0.719. The van der Waals surface area contributed by atoms with Crippen LogP contribution in [0, 0.1) is 12.3 Å². The molecule has 2 N–H and O–H groups in total. The van der Waals surface area contributed by atoms with Crippen molar-refractivity contribution >= 4 is 22.6 Å². The van der Waals surface area contributed by atoms with Crippen LogP contribution in [0.3, 0.4) is 0 Å². The molecule has 0 aliphatic rings. The Labute approximate surface area is 106 Å². The lowest BCUT2D eigenvalue weighted by atomic mass is 10.3. The van der Waals surface area contributed by atoms with E-state index in [1.165, 1.54) is 0 Å². The molecule has 4 heteroatoms. The van der Waals surface area contributed by atoms with Crippen LogP contribution >= 0.6 is 11.6 Å². The van der Waals surface area contributed by atoms with Crippen molar-refractivity contribution in [3.8, 4) is 12.3 Å². The summed E-state index contributed by atoms with van der Waals surface area (Å²) in [7, 11) is 0. The van der Waals surface area contributed by atoms with Gasteiger partial charge in [-0.15, -0.1) is 6.42 Å². The number of imidazole rings is 1. The molecule has 0 radical (unpaired) electrons. The van der Waals surface area contributed by atoms with E-state index in [1.807, 2.05) is 22.8 Å². The summed E-state index contributed by atoms with van der Waals surface area (Å²) in [6.45, 7) is 1.18. The highest BCUT2D eigenvalue weighted by Crippen LogP contribution is 2.21. The van der Waals surface area contributed by atoms with Gasteiger partial charge in [-0.3, -0.25) is 0 Å². The highest BCUT2D eigenvalue weighted by molar-refractivity contribution is 6.31. The number of hydrogen-bond acceptors (Lipinski definition) is 2. The van der Waals surface area contributed by atoms with Gasteiger partial charge >= 0.3 is 0 Å². The molecule has 0 aliphatic carbocycles. The number of fused-ring (bicyclic) bond motifs is 1. The van der Waals surface area contributed by atoms with Crippen molar-refractivity contribution in [2.24, 2.45) is 5.73 Å². The molecule has 0 atom stereocenters. The number of hydrogen-bond donors (Lipinski definition) is 1. The topological polar surface area (TPSA) is 43.8 Å². The third-order valence-electron chi connectivity index (χ3n) is 2.64. The highest BCUT2D eigenvalue weighted by Gasteiger charge is 2.09. The van der Waals surface area contributed by atoms with E-state index in [9.17, 15) is 0 Å². The van der Waals surface area contributed by atoms with Crippen LogP contribution in [-0.2, 0) is 13.0 Å². The molecule has 1 heterocycles. The molecule has 0 fully saturated rings. The van der Waals surface area contributed by atoms with E-state index in [-0.39, 0.29) is 0 Å². The first-order valence-corrected chi connectivity index (χ1v) is 5.92. The number of halogens is 1. The van der Waals surface area contributed by atoms with Gasteiger partial charge in [0.25, 0.3) is 0 Å². The molecule has 0 saturated heterocycles. The zero-order valence-electron chi connectivity index (χ0n) is 9.49. The molecule has 0 bridgehead atoms. The standard InChI is InChI=1S/C13H14ClN3/c1-2-8-17-12-6-5-10(14)9-11(12)16-13(17)4-3-7-15/h1,5-6,9H,3-4,7-8,15H2. The number of rotatable bonds is 4. The van der Waals surface area contributed by atoms with Gasteiger partial charge in [0.2, 0.25) is 0 Å². The smallest absolute Gasteiger partial charge is 0.110 e. The minimum Gasteiger partial charge on any atom is -0.330 e. The lowest BCUT2D eigenvalue weighted by Crippen LogP contribution is -2.06. The van der Waals surface area contributed by atoms with Gasteiger partial charge in [0, 0.05) is 11.4 Å². The average molecular weight is 248 g/mol. The molecule has 2 rings (SSSR count). The number of aryl methyl sites for hydroxylation is 1. The summed E-state index contributed by atoms with van der Waals surface area (Å²) in [6.07, 6.45) is 7.13. The van der Waals surface area contributed by atoms with Crippen LogP contribution in [0.2, 0.25) is 5.02 Å². The maximum Gasteiger partial charge on any atom is 0.110 e. The molecule has 1 aromatic heterocycles. The Morgan fingerprint density at radius 3 is 3.00 bits per heavy atom. The molecule has 17 heavy (non-hydrogen) atoms. The molecule has 0 amide bonds. The first-order chi connectivity index (χ1) is 8.26. The van der Waals surface area contributed by atoms with Gasteiger partial charge in [-0.1, -0.05) is 17.5 Å². The van der Waals surface area contributed by atoms with Crippen LogP contribution in [0.15, 0.2) is 18.2 Å². The molecule has 0 spiro atoms. The van der Waals surface area contributed by atoms with Crippen LogP contribution in [0.25, 0.3) is 11.0 Å². The number of nitrogens with zero attached hydrogens (tertiary/aromatic N) is 2. The summed E-state index contributed by atoms with van der Waals surface area (Å²) in [5.41, 5.74) is 7.44. The second-order valence-electron chi connectivity index (χ2n) is 3.84. The maximum absolute atomic E-state index is 5.95. The van der Waals surface area contributed by atoms with E-state index >= 15 is 0 Å². The molecule has 1 aromatic carbocycles. The van der Waals surface area contributed by atoms with Gasteiger partial charge in [-0.2, -0.15) is 0 Å².